The highest BCUT2D eigenvalue weighted by molar-refractivity contribution is 7.98. The topological polar surface area (TPSA) is 77.8 Å². The molecule has 3 heterocycles. The van der Waals surface area contributed by atoms with Gasteiger partial charge in [-0.25, -0.2) is 4.21 Å². The van der Waals surface area contributed by atoms with Crippen LogP contribution in [0.1, 0.15) is 37.1 Å². The highest BCUT2D eigenvalue weighted by Crippen LogP contribution is 2.39. The second-order valence-electron chi connectivity index (χ2n) is 8.13. The summed E-state index contributed by atoms with van der Waals surface area (Å²) in [6, 6.07) is 8.11. The third-order valence-corrected chi connectivity index (χ3v) is 7.79. The zero-order valence-electron chi connectivity index (χ0n) is 18.7. The Hall–Kier alpha value is -3.08. The van der Waals surface area contributed by atoms with Gasteiger partial charge in [-0.1, -0.05) is 33.1 Å². The maximum atomic E-state index is 13.4. The van der Waals surface area contributed by atoms with Gasteiger partial charge in [0, 0.05) is 45.5 Å². The lowest BCUT2D eigenvalue weighted by atomic mass is 9.89. The maximum absolute atomic E-state index is 13.4. The number of rotatable bonds is 8. The van der Waals surface area contributed by atoms with Gasteiger partial charge in [-0.2, -0.15) is 5.26 Å². The Morgan fingerprint density at radius 3 is 2.75 bits per heavy atom. The fourth-order valence-electron chi connectivity index (χ4n) is 3.59. The van der Waals surface area contributed by atoms with E-state index in [1.54, 1.807) is 29.8 Å². The Morgan fingerprint density at radius 1 is 1.41 bits per heavy atom. The smallest absolute Gasteiger partial charge is 0.101 e. The molecule has 3 rings (SSSR count). The summed E-state index contributed by atoms with van der Waals surface area (Å²) in [6.45, 7) is 14.5. The first-order valence-electron chi connectivity index (χ1n) is 10.3. The van der Waals surface area contributed by atoms with Gasteiger partial charge in [0.05, 0.1) is 20.2 Å². The molecule has 5 nitrogen and oxygen atoms in total. The van der Waals surface area contributed by atoms with Crippen molar-refractivity contribution in [3.63, 3.8) is 0 Å². The first-order chi connectivity index (χ1) is 15.2. The summed E-state index contributed by atoms with van der Waals surface area (Å²) in [5.41, 5.74) is 4.49. The van der Waals surface area contributed by atoms with Crippen LogP contribution in [-0.4, -0.2) is 15.1 Å². The van der Waals surface area contributed by atoms with Crippen molar-refractivity contribution in [3.05, 3.63) is 87.8 Å². The number of nitriles is 1. The molecule has 1 atom stereocenters. The van der Waals surface area contributed by atoms with Gasteiger partial charge in [-0.05, 0) is 54.6 Å². The maximum Gasteiger partial charge on any atom is 0.101 e. The molecule has 0 aliphatic carbocycles. The van der Waals surface area contributed by atoms with Crippen molar-refractivity contribution >= 4 is 32.5 Å². The number of nitrogens with one attached hydrogen (secondary N) is 2. The molecule has 1 aliphatic rings. The van der Waals surface area contributed by atoms with Gasteiger partial charge < -0.3 is 10.0 Å². The molecule has 0 radical (unpaired) electrons. The van der Waals surface area contributed by atoms with Crippen LogP contribution in [0.2, 0.25) is 0 Å². The van der Waals surface area contributed by atoms with Crippen LogP contribution >= 0.6 is 11.3 Å². The van der Waals surface area contributed by atoms with Gasteiger partial charge in [-0.3, -0.25) is 4.98 Å². The van der Waals surface area contributed by atoms with Crippen molar-refractivity contribution < 1.29 is 4.21 Å². The van der Waals surface area contributed by atoms with Gasteiger partial charge in [0.15, 0.2) is 0 Å². The number of aromatic nitrogens is 1. The molecule has 0 spiro atoms. The summed E-state index contributed by atoms with van der Waals surface area (Å²) in [5.74, 6) is 4.42. The monoisotopic (exact) mass is 464 g/mol. The molecule has 0 saturated carbocycles. The van der Waals surface area contributed by atoms with Gasteiger partial charge in [0.25, 0.3) is 0 Å². The van der Waals surface area contributed by atoms with Crippen molar-refractivity contribution in [3.8, 4) is 6.07 Å². The molecular weight excluding hydrogens is 436 g/mol. The minimum absolute atomic E-state index is 0.333. The number of nitrogens with zero attached hydrogens (tertiary/aromatic N) is 2. The van der Waals surface area contributed by atoms with E-state index in [2.05, 4.69) is 54.0 Å². The van der Waals surface area contributed by atoms with Gasteiger partial charge in [0.2, 0.25) is 0 Å². The van der Waals surface area contributed by atoms with E-state index in [4.69, 9.17) is 0 Å². The summed E-state index contributed by atoms with van der Waals surface area (Å²) in [4.78, 5) is 5.57. The van der Waals surface area contributed by atoms with Crippen LogP contribution in [0.25, 0.3) is 5.57 Å². The van der Waals surface area contributed by atoms with Gasteiger partial charge in [0.1, 0.15) is 6.07 Å². The molecular formula is C25H28N4OS2. The van der Waals surface area contributed by atoms with Crippen LogP contribution in [0.3, 0.4) is 0 Å². The molecule has 2 aromatic rings. The number of allylic oxidation sites excluding steroid dienone is 3. The van der Waals surface area contributed by atoms with Crippen molar-refractivity contribution in [2.45, 2.75) is 38.5 Å². The Bertz CT molecular complexity index is 1260. The summed E-state index contributed by atoms with van der Waals surface area (Å²) in [7, 11) is -2.94. The number of dihydropyridines is 1. The van der Waals surface area contributed by atoms with Crippen LogP contribution < -0.4 is 10.0 Å². The van der Waals surface area contributed by atoms with Crippen LogP contribution in [0.4, 0.5) is 0 Å². The molecule has 0 saturated heterocycles. The number of thiophene rings is 1. The van der Waals surface area contributed by atoms with E-state index < -0.39 is 9.71 Å². The second kappa shape index (κ2) is 9.60. The first kappa shape index (κ1) is 23.6. The number of aryl methyl sites for hydroxylation is 1. The fraction of sp³-hybridized carbons (Fsp3) is 0.240. The fourth-order valence-corrected chi connectivity index (χ4v) is 5.83. The molecule has 166 valence electrons. The zero-order chi connectivity index (χ0) is 23.5. The van der Waals surface area contributed by atoms with E-state index in [0.29, 0.717) is 33.4 Å². The average molecular weight is 465 g/mol. The van der Waals surface area contributed by atoms with Crippen LogP contribution in [0.15, 0.2) is 82.3 Å². The van der Waals surface area contributed by atoms with E-state index in [0.717, 1.165) is 34.6 Å². The Balaban J connectivity index is 2.08. The van der Waals surface area contributed by atoms with Crippen LogP contribution in [0, 0.1) is 24.2 Å². The predicted molar refractivity (Wildman–Crippen MR) is 135 cm³/mol. The average Bonchev–Trinajstić information content (AvgIpc) is 3.25. The van der Waals surface area contributed by atoms with Crippen molar-refractivity contribution in [2.75, 3.05) is 0 Å². The van der Waals surface area contributed by atoms with E-state index in [1.807, 2.05) is 24.4 Å². The minimum atomic E-state index is -2.94. The van der Waals surface area contributed by atoms with E-state index in [-0.39, 0.29) is 0 Å². The molecule has 1 unspecified atom stereocenters. The molecule has 7 heteroatoms. The standard InChI is InChI=1S/C25H28N4OS2/c1-16(2)9-10-21-25(22-8-7-13-31-22)20(14-26)24(18(4)28-21)19(5)29-32(6,30)23-15-27-12-11-17(23)3/h7-8,11-13,15-16,28H,4-6,9-10H2,1-3H3,(H,29,30). The van der Waals surface area contributed by atoms with E-state index in [1.165, 1.54) is 0 Å². The molecule has 0 aromatic carbocycles. The summed E-state index contributed by atoms with van der Waals surface area (Å²) in [6.07, 6.45) is 4.95. The molecule has 2 N–H and O–H groups in total. The molecule has 0 bridgehead atoms. The summed E-state index contributed by atoms with van der Waals surface area (Å²) >= 11 is 1.57. The molecule has 0 fully saturated rings. The normalized spacial score (nSPS) is 15.9. The highest BCUT2D eigenvalue weighted by atomic mass is 32.2. The lowest BCUT2D eigenvalue weighted by Gasteiger charge is -2.28. The van der Waals surface area contributed by atoms with E-state index in [9.17, 15) is 9.47 Å². The van der Waals surface area contributed by atoms with Crippen molar-refractivity contribution in [1.29, 1.82) is 5.26 Å². The summed E-state index contributed by atoms with van der Waals surface area (Å²) < 4.78 is 16.4. The van der Waals surface area contributed by atoms with Gasteiger partial charge in [-0.15, -0.1) is 11.3 Å². The van der Waals surface area contributed by atoms with Gasteiger partial charge >= 0.3 is 0 Å². The van der Waals surface area contributed by atoms with Crippen LogP contribution in [0.5, 0.6) is 0 Å². The Morgan fingerprint density at radius 2 is 2.16 bits per heavy atom. The quantitative estimate of drug-likeness (QED) is 0.518. The third kappa shape index (κ3) is 4.87. The minimum Gasteiger partial charge on any atom is -0.358 e. The lowest BCUT2D eigenvalue weighted by Crippen LogP contribution is -2.29. The van der Waals surface area contributed by atoms with Crippen LogP contribution in [-0.2, 0) is 9.71 Å². The SMILES string of the molecule is C=C1NC(CCC(C)C)=C(c2cccs2)C(C#N)=C1C(=C)NS(=C)(=O)c1cnccc1C. The molecule has 0 amide bonds. The molecule has 32 heavy (non-hydrogen) atoms. The number of hydrogen-bond donors (Lipinski definition) is 2. The van der Waals surface area contributed by atoms with E-state index >= 15 is 0 Å². The van der Waals surface area contributed by atoms with Crippen molar-refractivity contribution in [1.82, 2.24) is 15.0 Å². The highest BCUT2D eigenvalue weighted by Gasteiger charge is 2.28. The predicted octanol–water partition coefficient (Wildman–Crippen LogP) is 5.33. The molecule has 2 aromatic heterocycles. The summed E-state index contributed by atoms with van der Waals surface area (Å²) in [5, 5.41) is 15.6. The molecule has 1 aliphatic heterocycles. The second-order valence-corrected chi connectivity index (χ2v) is 11.1. The Kier molecular flexibility index (Phi) is 7.07. The van der Waals surface area contributed by atoms with Crippen molar-refractivity contribution in [2.24, 2.45) is 5.92 Å². The third-order valence-electron chi connectivity index (χ3n) is 5.19. The number of pyridine rings is 1. The number of hydrogen-bond acceptors (Lipinski definition) is 5. The Labute approximate surface area is 195 Å². The zero-order valence-corrected chi connectivity index (χ0v) is 20.3. The lowest BCUT2D eigenvalue weighted by molar-refractivity contribution is 0.575. The largest absolute Gasteiger partial charge is 0.358 e. The first-order valence-corrected chi connectivity index (χ1v) is 12.9.